The Balaban J connectivity index is 1.94. The molecule has 0 spiro atoms. The van der Waals surface area contributed by atoms with Crippen molar-refractivity contribution in [2.75, 3.05) is 5.75 Å². The fourth-order valence-corrected chi connectivity index (χ4v) is 2.86. The Bertz CT molecular complexity index is 512. The van der Waals surface area contributed by atoms with Crippen LogP contribution in [-0.4, -0.2) is 15.9 Å². The van der Waals surface area contributed by atoms with Gasteiger partial charge in [-0.2, -0.15) is 0 Å². The summed E-state index contributed by atoms with van der Waals surface area (Å²) < 4.78 is 1.21. The summed E-state index contributed by atoms with van der Waals surface area (Å²) >= 11 is 3.05. The van der Waals surface area contributed by atoms with E-state index < -0.39 is 0 Å². The Morgan fingerprint density at radius 1 is 1.47 bits per heavy atom. The monoisotopic (exact) mass is 263 g/mol. The van der Waals surface area contributed by atoms with Crippen molar-refractivity contribution in [1.29, 1.82) is 0 Å². The zero-order valence-electron chi connectivity index (χ0n) is 9.55. The number of carbonyl (C=O) groups is 1. The van der Waals surface area contributed by atoms with Gasteiger partial charge < -0.3 is 0 Å². The molecule has 2 rings (SSSR count). The lowest BCUT2D eigenvalue weighted by molar-refractivity contribution is -0.109. The fourth-order valence-electron chi connectivity index (χ4n) is 1.42. The van der Waals surface area contributed by atoms with Gasteiger partial charge >= 0.3 is 0 Å². The van der Waals surface area contributed by atoms with Crippen molar-refractivity contribution in [3.63, 3.8) is 0 Å². The third-order valence-electron chi connectivity index (χ3n) is 2.16. The molecular weight excluding hydrogens is 250 g/mol. The second kappa shape index (κ2) is 5.98. The van der Waals surface area contributed by atoms with Crippen LogP contribution in [0.15, 0.2) is 30.3 Å². The molecule has 1 aromatic carbocycles. The highest BCUT2D eigenvalue weighted by atomic mass is 32.2. The molecule has 0 aliphatic carbocycles. The molecule has 0 N–H and O–H groups in total. The quantitative estimate of drug-likeness (QED) is 0.782. The molecule has 0 saturated carbocycles. The number of carbonyl (C=O) groups excluding carboxylic acids is 1. The maximum absolute atomic E-state index is 10.7. The molecule has 0 radical (unpaired) electrons. The first-order chi connectivity index (χ1) is 8.25. The first kappa shape index (κ1) is 12.3. The highest BCUT2D eigenvalue weighted by molar-refractivity contribution is 8.13. The van der Waals surface area contributed by atoms with E-state index in [1.165, 1.54) is 16.5 Å². The summed E-state index contributed by atoms with van der Waals surface area (Å²) in [6, 6.07) is 8.13. The van der Waals surface area contributed by atoms with Gasteiger partial charge in [0, 0.05) is 12.7 Å². The number of aromatic nitrogens is 1. The van der Waals surface area contributed by atoms with Gasteiger partial charge in [-0.15, -0.1) is 11.3 Å². The number of hydrogen-bond acceptors (Lipinski definition) is 4. The number of fused-ring (bicyclic) bond motifs is 1. The largest absolute Gasteiger partial charge is 0.288 e. The Morgan fingerprint density at radius 3 is 3.06 bits per heavy atom. The van der Waals surface area contributed by atoms with Crippen molar-refractivity contribution < 1.29 is 4.79 Å². The molecule has 0 fully saturated rings. The second-order valence-corrected chi connectivity index (χ2v) is 5.88. The number of allylic oxidation sites excluding steroid dienone is 1. The van der Waals surface area contributed by atoms with Crippen molar-refractivity contribution in [2.45, 2.75) is 13.3 Å². The normalized spacial score (nSPS) is 11.4. The zero-order chi connectivity index (χ0) is 12.1. The number of para-hydroxylation sites is 1. The minimum atomic E-state index is 0.179. The Labute approximate surface area is 109 Å². The van der Waals surface area contributed by atoms with Gasteiger partial charge in [0.15, 0.2) is 5.12 Å². The summed E-state index contributed by atoms with van der Waals surface area (Å²) in [7, 11) is 0. The molecule has 1 heterocycles. The summed E-state index contributed by atoms with van der Waals surface area (Å²) in [5.41, 5.74) is 1.05. The molecule has 1 aromatic heterocycles. The lowest BCUT2D eigenvalue weighted by Crippen LogP contribution is -1.83. The van der Waals surface area contributed by atoms with E-state index in [0.717, 1.165) is 22.7 Å². The van der Waals surface area contributed by atoms with Crippen molar-refractivity contribution in [3.8, 4) is 0 Å². The van der Waals surface area contributed by atoms with Gasteiger partial charge in [-0.05, 0) is 24.6 Å². The van der Waals surface area contributed by atoms with Gasteiger partial charge in [-0.25, -0.2) is 4.98 Å². The lowest BCUT2D eigenvalue weighted by atomic mass is 10.3. The molecule has 4 heteroatoms. The Morgan fingerprint density at radius 2 is 2.29 bits per heavy atom. The van der Waals surface area contributed by atoms with Gasteiger partial charge in [-0.3, -0.25) is 4.79 Å². The molecule has 88 valence electrons. The third kappa shape index (κ3) is 3.68. The highest BCUT2D eigenvalue weighted by Crippen LogP contribution is 2.22. The molecule has 0 atom stereocenters. The summed E-state index contributed by atoms with van der Waals surface area (Å²) in [6.07, 6.45) is 5.01. The van der Waals surface area contributed by atoms with Crippen LogP contribution in [0.3, 0.4) is 0 Å². The van der Waals surface area contributed by atoms with Crippen LogP contribution in [0.2, 0.25) is 0 Å². The maximum Gasteiger partial charge on any atom is 0.185 e. The first-order valence-electron chi connectivity index (χ1n) is 5.41. The van der Waals surface area contributed by atoms with Gasteiger partial charge in [0.1, 0.15) is 5.01 Å². The molecule has 0 aliphatic rings. The predicted molar refractivity (Wildman–Crippen MR) is 76.4 cm³/mol. The standard InChI is InChI=1S/C13H13NOS2/c1-10(15)16-9-5-4-8-13-14-11-6-2-3-7-12(11)17-13/h2-4,6-8H,5,9H2,1H3. The molecule has 0 unspecified atom stereocenters. The molecule has 2 nitrogen and oxygen atoms in total. The summed E-state index contributed by atoms with van der Waals surface area (Å²) in [5.74, 6) is 0.844. The summed E-state index contributed by atoms with van der Waals surface area (Å²) in [5, 5.41) is 1.21. The minimum absolute atomic E-state index is 0.179. The van der Waals surface area contributed by atoms with Crippen LogP contribution < -0.4 is 0 Å². The topological polar surface area (TPSA) is 30.0 Å². The number of thiazole rings is 1. The Kier molecular flexibility index (Phi) is 4.34. The molecule has 0 aliphatic heterocycles. The number of rotatable bonds is 4. The fraction of sp³-hybridized carbons (Fsp3) is 0.231. The smallest absolute Gasteiger partial charge is 0.185 e. The minimum Gasteiger partial charge on any atom is -0.288 e. The van der Waals surface area contributed by atoms with Crippen molar-refractivity contribution in [3.05, 3.63) is 35.3 Å². The highest BCUT2D eigenvalue weighted by Gasteiger charge is 1.98. The van der Waals surface area contributed by atoms with Crippen LogP contribution in [0.4, 0.5) is 0 Å². The van der Waals surface area contributed by atoms with E-state index in [9.17, 15) is 4.79 Å². The summed E-state index contributed by atoms with van der Waals surface area (Å²) in [4.78, 5) is 15.2. The third-order valence-corrected chi connectivity index (χ3v) is 4.01. The van der Waals surface area contributed by atoms with Crippen LogP contribution >= 0.6 is 23.1 Å². The van der Waals surface area contributed by atoms with Crippen LogP contribution in [-0.2, 0) is 4.79 Å². The van der Waals surface area contributed by atoms with Gasteiger partial charge in [-0.1, -0.05) is 30.0 Å². The predicted octanol–water partition coefficient (Wildman–Crippen LogP) is 3.98. The van der Waals surface area contributed by atoms with Crippen molar-refractivity contribution >= 4 is 44.5 Å². The van der Waals surface area contributed by atoms with E-state index in [2.05, 4.69) is 17.1 Å². The average molecular weight is 263 g/mol. The summed E-state index contributed by atoms with van der Waals surface area (Å²) in [6.45, 7) is 1.60. The number of nitrogens with zero attached hydrogens (tertiary/aromatic N) is 1. The number of thioether (sulfide) groups is 1. The SMILES string of the molecule is CC(=O)SCCC=Cc1nc2ccccc2s1. The lowest BCUT2D eigenvalue weighted by Gasteiger charge is -1.90. The number of benzene rings is 1. The van der Waals surface area contributed by atoms with E-state index in [4.69, 9.17) is 0 Å². The van der Waals surface area contributed by atoms with E-state index in [1.807, 2.05) is 24.3 Å². The van der Waals surface area contributed by atoms with E-state index >= 15 is 0 Å². The molecule has 0 amide bonds. The van der Waals surface area contributed by atoms with Gasteiger partial charge in [0.25, 0.3) is 0 Å². The molecular formula is C13H13NOS2. The maximum atomic E-state index is 10.7. The van der Waals surface area contributed by atoms with E-state index in [1.54, 1.807) is 18.3 Å². The van der Waals surface area contributed by atoms with Crippen molar-refractivity contribution in [2.24, 2.45) is 0 Å². The average Bonchev–Trinajstić information content (AvgIpc) is 2.70. The van der Waals surface area contributed by atoms with Gasteiger partial charge in [0.2, 0.25) is 0 Å². The molecule has 2 aromatic rings. The zero-order valence-corrected chi connectivity index (χ0v) is 11.2. The van der Waals surface area contributed by atoms with E-state index in [0.29, 0.717) is 0 Å². The molecule has 17 heavy (non-hydrogen) atoms. The van der Waals surface area contributed by atoms with Gasteiger partial charge in [0.05, 0.1) is 10.2 Å². The van der Waals surface area contributed by atoms with Crippen LogP contribution in [0.5, 0.6) is 0 Å². The number of hydrogen-bond donors (Lipinski definition) is 0. The van der Waals surface area contributed by atoms with Crippen molar-refractivity contribution in [1.82, 2.24) is 4.98 Å². The van der Waals surface area contributed by atoms with Crippen LogP contribution in [0, 0.1) is 0 Å². The second-order valence-electron chi connectivity index (χ2n) is 3.55. The molecule has 0 bridgehead atoms. The first-order valence-corrected chi connectivity index (χ1v) is 7.21. The van der Waals surface area contributed by atoms with Crippen LogP contribution in [0.25, 0.3) is 16.3 Å². The van der Waals surface area contributed by atoms with E-state index in [-0.39, 0.29) is 5.12 Å². The Hall–Kier alpha value is -1.13. The van der Waals surface area contributed by atoms with Crippen LogP contribution in [0.1, 0.15) is 18.4 Å². The molecule has 0 saturated heterocycles.